The van der Waals surface area contributed by atoms with E-state index < -0.39 is 74.8 Å². The highest BCUT2D eigenvalue weighted by atomic mass is 32.2. The number of hydrogen-bond donors (Lipinski definition) is 4. The van der Waals surface area contributed by atoms with Gasteiger partial charge in [-0.3, -0.25) is 19.2 Å². The molecule has 8 rings (SSSR count). The molecule has 20 nitrogen and oxygen atoms in total. The molecule has 4 heterocycles. The van der Waals surface area contributed by atoms with Crippen molar-refractivity contribution < 1.29 is 77.7 Å². The van der Waals surface area contributed by atoms with Gasteiger partial charge in [-0.2, -0.15) is 0 Å². The van der Waals surface area contributed by atoms with Gasteiger partial charge >= 0.3 is 23.9 Å². The molecular weight excluding hydrogens is 1040 g/mol. The SMILES string of the molecule is CC1(F)CC1CS(=O)(=O)c1ccc(CC(=O)O)cn1.Cc1cc(CC(=O)O)cnc1S(=O)(=O)CC1CC1.Cc1cc(S(=O)(=O)CC2CC2)ncc1CC(=O)O.Cc1nc(S(=O)(=O)CC2CC2)ccc1CC(=O)O. The van der Waals surface area contributed by atoms with E-state index in [1.165, 1.54) is 55.8 Å². The van der Waals surface area contributed by atoms with Gasteiger partial charge in [0.05, 0.1) is 48.7 Å². The van der Waals surface area contributed by atoms with Crippen LogP contribution in [0.15, 0.2) is 75.1 Å². The van der Waals surface area contributed by atoms with Crippen molar-refractivity contribution in [1.29, 1.82) is 0 Å². The van der Waals surface area contributed by atoms with Gasteiger partial charge in [0.15, 0.2) is 59.5 Å². The van der Waals surface area contributed by atoms with Crippen LogP contribution < -0.4 is 0 Å². The van der Waals surface area contributed by atoms with Crippen LogP contribution in [-0.2, 0) is 84.2 Å². The molecule has 2 atom stereocenters. The first kappa shape index (κ1) is 58.1. The Balaban J connectivity index is 0.000000181. The number of carboxylic acids is 4. The number of nitrogens with zero attached hydrogens (tertiary/aromatic N) is 4. The number of rotatable bonds is 20. The Bertz CT molecular complexity index is 3070. The van der Waals surface area contributed by atoms with Gasteiger partial charge in [-0.15, -0.1) is 0 Å². The average molecular weight is 1100 g/mol. The molecule has 0 aromatic carbocycles. The number of aryl methyl sites for hydroxylation is 3. The molecule has 4 saturated carbocycles. The van der Waals surface area contributed by atoms with E-state index in [2.05, 4.69) is 19.9 Å². The molecule has 25 heteroatoms. The predicted octanol–water partition coefficient (Wildman–Crippen LogP) is 4.83. The van der Waals surface area contributed by atoms with E-state index in [0.717, 1.165) is 38.5 Å². The van der Waals surface area contributed by atoms with E-state index in [9.17, 15) is 57.2 Å². The Morgan fingerprint density at radius 3 is 1.41 bits per heavy atom. The van der Waals surface area contributed by atoms with Crippen molar-refractivity contribution in [1.82, 2.24) is 19.9 Å². The molecule has 73 heavy (non-hydrogen) atoms. The molecule has 4 aliphatic carbocycles. The van der Waals surface area contributed by atoms with E-state index in [0.29, 0.717) is 39.1 Å². The average Bonchev–Trinajstić information content (AvgIpc) is 4.03. The van der Waals surface area contributed by atoms with Gasteiger partial charge in [0.25, 0.3) is 0 Å². The number of halogens is 1. The quantitative estimate of drug-likeness (QED) is 0.0920. The normalized spacial score (nSPS) is 18.3. The third-order valence-electron chi connectivity index (χ3n) is 12.1. The highest BCUT2D eigenvalue weighted by Gasteiger charge is 2.53. The second kappa shape index (κ2) is 23.6. The molecule has 0 amide bonds. The first-order valence-electron chi connectivity index (χ1n) is 23.2. The number of sulfone groups is 4. The third-order valence-corrected chi connectivity index (χ3v) is 19.3. The minimum atomic E-state index is -3.61. The van der Waals surface area contributed by atoms with Crippen LogP contribution >= 0.6 is 0 Å². The largest absolute Gasteiger partial charge is 0.481 e. The van der Waals surface area contributed by atoms with E-state index in [4.69, 9.17) is 20.4 Å². The number of aromatic nitrogens is 4. The van der Waals surface area contributed by atoms with Crippen molar-refractivity contribution in [3.05, 3.63) is 94.1 Å². The highest BCUT2D eigenvalue weighted by Crippen LogP contribution is 2.48. The number of alkyl halides is 1. The fourth-order valence-electron chi connectivity index (χ4n) is 7.30. The smallest absolute Gasteiger partial charge is 0.307 e. The summed E-state index contributed by atoms with van der Waals surface area (Å²) in [7, 11) is -13.6. The molecule has 4 N–H and O–H groups in total. The van der Waals surface area contributed by atoms with Gasteiger partial charge in [0, 0.05) is 30.2 Å². The zero-order valence-corrected chi connectivity index (χ0v) is 43.9. The summed E-state index contributed by atoms with van der Waals surface area (Å²) in [5, 5.41) is 34.7. The molecule has 0 saturated heterocycles. The maximum absolute atomic E-state index is 13.4. The fourth-order valence-corrected chi connectivity index (χ4v) is 14.2. The summed E-state index contributed by atoms with van der Waals surface area (Å²) in [6.45, 7) is 6.37. The number of carboxylic acid groups (broad SMARTS) is 4. The lowest BCUT2D eigenvalue weighted by Crippen LogP contribution is -2.14. The summed E-state index contributed by atoms with van der Waals surface area (Å²) in [5.74, 6) is -3.32. The van der Waals surface area contributed by atoms with Gasteiger partial charge in [0.2, 0.25) is 0 Å². The van der Waals surface area contributed by atoms with Crippen LogP contribution in [-0.4, -0.2) is 127 Å². The van der Waals surface area contributed by atoms with Gasteiger partial charge in [0.1, 0.15) is 5.67 Å². The van der Waals surface area contributed by atoms with Crippen LogP contribution in [0.1, 0.15) is 90.9 Å². The molecule has 0 spiro atoms. The Kier molecular flexibility index (Phi) is 18.8. The van der Waals surface area contributed by atoms with E-state index in [-0.39, 0.29) is 93.0 Å². The summed E-state index contributed by atoms with van der Waals surface area (Å²) in [5.41, 5.74) is 2.29. The van der Waals surface area contributed by atoms with Crippen LogP contribution in [0, 0.1) is 44.4 Å². The molecule has 4 fully saturated rings. The molecule has 4 aromatic rings. The van der Waals surface area contributed by atoms with E-state index >= 15 is 0 Å². The lowest BCUT2D eigenvalue weighted by molar-refractivity contribution is -0.137. The van der Waals surface area contributed by atoms with Crippen molar-refractivity contribution >= 4 is 63.2 Å². The van der Waals surface area contributed by atoms with Gasteiger partial charge < -0.3 is 20.4 Å². The minimum absolute atomic E-state index is 0.0565. The monoisotopic (exact) mass is 1090 g/mol. The van der Waals surface area contributed by atoms with Crippen molar-refractivity contribution in [2.75, 3.05) is 23.0 Å². The van der Waals surface area contributed by atoms with Crippen molar-refractivity contribution in [2.24, 2.45) is 23.7 Å². The van der Waals surface area contributed by atoms with Crippen LogP contribution in [0.4, 0.5) is 4.39 Å². The standard InChI is InChI=1S/C12H14FNO4S.3C12H15NO4S/c1-12(13)5-9(12)7-19(17,18)10-3-2-8(6-14-10)4-11(15)16;1-8-4-11(13-6-10(8)5-12(14)15)18(16,17)7-9-2-3-9;1-8-4-10(5-11(14)15)6-13-12(8)18(16,17)7-9-2-3-9;1-8-10(6-12(14)15)4-5-11(13-8)18(16,17)7-9-2-3-9/h2-3,6,9H,4-5,7H2,1H3,(H,15,16);2*4,6,9H,2-3,5,7H2,1H3,(H,14,15);4-5,9H,2-3,6-7H2,1H3,(H,14,15). The number of pyridine rings is 4. The van der Waals surface area contributed by atoms with Crippen molar-refractivity contribution in [3.63, 3.8) is 0 Å². The summed E-state index contributed by atoms with van der Waals surface area (Å²) in [6, 6.07) is 8.68. The fraction of sp³-hybridized carbons (Fsp3) is 0.500. The Labute approximate surface area is 423 Å². The zero-order valence-electron chi connectivity index (χ0n) is 40.6. The summed E-state index contributed by atoms with van der Waals surface area (Å²) in [6.07, 6.45) is 9.34. The van der Waals surface area contributed by atoms with Gasteiger partial charge in [-0.25, -0.2) is 58.0 Å². The second-order valence-corrected chi connectivity index (χ2v) is 27.1. The number of hydrogen-bond acceptors (Lipinski definition) is 16. The Hall–Kier alpha value is -5.79. The molecule has 0 radical (unpaired) electrons. The number of carbonyl (C=O) groups is 4. The maximum Gasteiger partial charge on any atom is 0.307 e. The van der Waals surface area contributed by atoms with E-state index in [1.807, 2.05) is 0 Å². The highest BCUT2D eigenvalue weighted by molar-refractivity contribution is 7.92. The second-order valence-electron chi connectivity index (χ2n) is 19.2. The van der Waals surface area contributed by atoms with E-state index in [1.54, 1.807) is 26.8 Å². The maximum atomic E-state index is 13.4. The molecule has 4 aliphatic rings. The summed E-state index contributed by atoms with van der Waals surface area (Å²) in [4.78, 5) is 57.9. The lowest BCUT2D eigenvalue weighted by Gasteiger charge is -2.07. The van der Waals surface area contributed by atoms with Crippen LogP contribution in [0.5, 0.6) is 0 Å². The first-order valence-corrected chi connectivity index (χ1v) is 29.8. The lowest BCUT2D eigenvalue weighted by atomic mass is 10.1. The Morgan fingerprint density at radius 2 is 0.973 bits per heavy atom. The zero-order chi connectivity index (χ0) is 54.3. The molecule has 0 bridgehead atoms. The summed E-state index contributed by atoms with van der Waals surface area (Å²) >= 11 is 0. The predicted molar refractivity (Wildman–Crippen MR) is 261 cm³/mol. The molecule has 2 unspecified atom stereocenters. The van der Waals surface area contributed by atoms with Gasteiger partial charge in [-0.05, 0) is 142 Å². The first-order chi connectivity index (χ1) is 33.9. The molecule has 4 aromatic heterocycles. The summed E-state index contributed by atoms with van der Waals surface area (Å²) < 4.78 is 109. The molecular formula is C48H59FN4O16S4. The van der Waals surface area contributed by atoms with Crippen molar-refractivity contribution in [2.45, 2.75) is 124 Å². The third kappa shape index (κ3) is 18.6. The molecule has 0 aliphatic heterocycles. The number of aliphatic carboxylic acids is 4. The minimum Gasteiger partial charge on any atom is -0.481 e. The van der Waals surface area contributed by atoms with Crippen LogP contribution in [0.2, 0.25) is 0 Å². The van der Waals surface area contributed by atoms with Crippen LogP contribution in [0.25, 0.3) is 0 Å². The van der Waals surface area contributed by atoms with Crippen LogP contribution in [0.3, 0.4) is 0 Å². The topological polar surface area (TPSA) is 337 Å². The van der Waals surface area contributed by atoms with Crippen molar-refractivity contribution in [3.8, 4) is 0 Å². The molecule has 398 valence electrons. The van der Waals surface area contributed by atoms with Gasteiger partial charge in [-0.1, -0.05) is 18.2 Å². The Morgan fingerprint density at radius 1 is 0.534 bits per heavy atom.